The highest BCUT2D eigenvalue weighted by atomic mass is 32.2. The molecule has 0 radical (unpaired) electrons. The largest absolute Gasteiger partial charge is 0.493 e. The molecule has 5 heteroatoms. The SMILES string of the molecule is COc1cccnc1N1CCC(CN)(SC)CC1. The quantitative estimate of drug-likeness (QED) is 0.900. The van der Waals surface area contributed by atoms with E-state index in [0.717, 1.165) is 44.0 Å². The summed E-state index contributed by atoms with van der Waals surface area (Å²) >= 11 is 1.90. The molecule has 0 unspecified atom stereocenters. The average molecular weight is 267 g/mol. The maximum Gasteiger partial charge on any atom is 0.171 e. The molecule has 2 N–H and O–H groups in total. The number of nitrogens with zero attached hydrogens (tertiary/aromatic N) is 2. The van der Waals surface area contributed by atoms with Gasteiger partial charge in [-0.05, 0) is 31.2 Å². The van der Waals surface area contributed by atoms with Gasteiger partial charge in [0, 0.05) is 30.6 Å². The van der Waals surface area contributed by atoms with Crippen molar-refractivity contribution in [2.45, 2.75) is 17.6 Å². The molecule has 18 heavy (non-hydrogen) atoms. The third kappa shape index (κ3) is 2.57. The molecule has 0 atom stereocenters. The minimum atomic E-state index is 0.249. The van der Waals surface area contributed by atoms with E-state index in [1.54, 1.807) is 7.11 Å². The maximum atomic E-state index is 5.91. The van der Waals surface area contributed by atoms with Gasteiger partial charge in [0.25, 0.3) is 0 Å². The lowest BCUT2D eigenvalue weighted by Crippen LogP contribution is -2.46. The zero-order valence-corrected chi connectivity index (χ0v) is 11.9. The summed E-state index contributed by atoms with van der Waals surface area (Å²) in [6, 6.07) is 3.86. The molecule has 0 saturated carbocycles. The molecule has 100 valence electrons. The van der Waals surface area contributed by atoms with E-state index < -0.39 is 0 Å². The lowest BCUT2D eigenvalue weighted by Gasteiger charge is -2.40. The minimum Gasteiger partial charge on any atom is -0.493 e. The predicted molar refractivity (Wildman–Crippen MR) is 77.5 cm³/mol. The number of pyridine rings is 1. The zero-order valence-electron chi connectivity index (χ0n) is 11.1. The van der Waals surface area contributed by atoms with Gasteiger partial charge in [0.2, 0.25) is 0 Å². The molecule has 1 aromatic heterocycles. The highest BCUT2D eigenvalue weighted by molar-refractivity contribution is 8.00. The lowest BCUT2D eigenvalue weighted by molar-refractivity contribution is 0.405. The number of rotatable bonds is 4. The second-order valence-electron chi connectivity index (χ2n) is 4.61. The second-order valence-corrected chi connectivity index (χ2v) is 5.88. The summed E-state index contributed by atoms with van der Waals surface area (Å²) in [4.78, 5) is 6.73. The van der Waals surface area contributed by atoms with E-state index in [4.69, 9.17) is 10.5 Å². The van der Waals surface area contributed by atoms with Crippen LogP contribution in [0.3, 0.4) is 0 Å². The van der Waals surface area contributed by atoms with E-state index in [1.165, 1.54) is 0 Å². The molecule has 1 aromatic rings. The average Bonchev–Trinajstić information content (AvgIpc) is 2.47. The number of ether oxygens (including phenoxy) is 1. The zero-order chi connectivity index (χ0) is 13.0. The first-order chi connectivity index (χ1) is 8.74. The van der Waals surface area contributed by atoms with Crippen LogP contribution in [0.15, 0.2) is 18.3 Å². The minimum absolute atomic E-state index is 0.249. The van der Waals surface area contributed by atoms with E-state index in [1.807, 2.05) is 30.1 Å². The molecule has 1 fully saturated rings. The van der Waals surface area contributed by atoms with E-state index in [0.29, 0.717) is 0 Å². The number of nitrogens with two attached hydrogens (primary N) is 1. The highest BCUT2D eigenvalue weighted by Gasteiger charge is 2.33. The van der Waals surface area contributed by atoms with Crippen LogP contribution in [-0.4, -0.2) is 42.7 Å². The summed E-state index contributed by atoms with van der Waals surface area (Å²) in [6.07, 6.45) is 6.18. The molecule has 0 spiro atoms. The molecule has 1 aliphatic heterocycles. The van der Waals surface area contributed by atoms with Crippen molar-refractivity contribution in [3.05, 3.63) is 18.3 Å². The Labute approximate surface area is 113 Å². The van der Waals surface area contributed by atoms with Crippen molar-refractivity contribution in [2.24, 2.45) is 5.73 Å². The summed E-state index contributed by atoms with van der Waals surface area (Å²) in [5.74, 6) is 1.80. The normalized spacial score (nSPS) is 18.7. The molecule has 0 aliphatic carbocycles. The van der Waals surface area contributed by atoms with Gasteiger partial charge >= 0.3 is 0 Å². The second kappa shape index (κ2) is 5.80. The van der Waals surface area contributed by atoms with Crippen LogP contribution < -0.4 is 15.4 Å². The van der Waals surface area contributed by atoms with Gasteiger partial charge in [0.1, 0.15) is 0 Å². The van der Waals surface area contributed by atoms with Crippen LogP contribution in [0.4, 0.5) is 5.82 Å². The molecule has 1 aliphatic rings. The summed E-state index contributed by atoms with van der Waals surface area (Å²) in [5.41, 5.74) is 5.91. The van der Waals surface area contributed by atoms with Gasteiger partial charge in [0.15, 0.2) is 11.6 Å². The first kappa shape index (κ1) is 13.5. The van der Waals surface area contributed by atoms with Crippen LogP contribution >= 0.6 is 11.8 Å². The Bertz CT molecular complexity index is 386. The van der Waals surface area contributed by atoms with Crippen molar-refractivity contribution in [3.63, 3.8) is 0 Å². The number of thioether (sulfide) groups is 1. The number of aromatic nitrogens is 1. The Morgan fingerprint density at radius 3 is 2.78 bits per heavy atom. The molecular formula is C13H21N3OS. The van der Waals surface area contributed by atoms with Crippen LogP contribution in [0.1, 0.15) is 12.8 Å². The summed E-state index contributed by atoms with van der Waals surface area (Å²) in [7, 11) is 1.69. The Balaban J connectivity index is 2.10. The topological polar surface area (TPSA) is 51.4 Å². The van der Waals surface area contributed by atoms with Crippen LogP contribution in [0, 0.1) is 0 Å². The molecule has 4 nitrogen and oxygen atoms in total. The summed E-state index contributed by atoms with van der Waals surface area (Å²) in [5, 5.41) is 0. The van der Waals surface area contributed by atoms with Crippen molar-refractivity contribution in [1.29, 1.82) is 0 Å². The fourth-order valence-corrected chi connectivity index (χ4v) is 3.15. The van der Waals surface area contributed by atoms with Gasteiger partial charge in [-0.2, -0.15) is 11.8 Å². The fraction of sp³-hybridized carbons (Fsp3) is 0.615. The van der Waals surface area contributed by atoms with Gasteiger partial charge in [-0.3, -0.25) is 0 Å². The van der Waals surface area contributed by atoms with Crippen molar-refractivity contribution in [2.75, 3.05) is 37.9 Å². The van der Waals surface area contributed by atoms with Crippen molar-refractivity contribution < 1.29 is 4.74 Å². The first-order valence-corrected chi connectivity index (χ1v) is 7.46. The summed E-state index contributed by atoms with van der Waals surface area (Å²) in [6.45, 7) is 2.73. The number of piperidine rings is 1. The van der Waals surface area contributed by atoms with Crippen molar-refractivity contribution >= 4 is 17.6 Å². The number of hydrogen-bond acceptors (Lipinski definition) is 5. The summed E-state index contributed by atoms with van der Waals surface area (Å²) < 4.78 is 5.62. The molecule has 0 bridgehead atoms. The van der Waals surface area contributed by atoms with Crippen molar-refractivity contribution in [3.8, 4) is 5.75 Å². The molecule has 2 rings (SSSR count). The number of hydrogen-bond donors (Lipinski definition) is 1. The van der Waals surface area contributed by atoms with E-state index in [-0.39, 0.29) is 4.75 Å². The Morgan fingerprint density at radius 1 is 1.50 bits per heavy atom. The van der Waals surface area contributed by atoms with Crippen LogP contribution in [0.25, 0.3) is 0 Å². The molecule has 1 saturated heterocycles. The maximum absolute atomic E-state index is 5.91. The van der Waals surface area contributed by atoms with E-state index >= 15 is 0 Å². The van der Waals surface area contributed by atoms with Crippen LogP contribution in [-0.2, 0) is 0 Å². The van der Waals surface area contributed by atoms with Gasteiger partial charge in [-0.15, -0.1) is 0 Å². The highest BCUT2D eigenvalue weighted by Crippen LogP contribution is 2.36. The molecule has 2 heterocycles. The number of methoxy groups -OCH3 is 1. The van der Waals surface area contributed by atoms with Crippen LogP contribution in [0.5, 0.6) is 5.75 Å². The van der Waals surface area contributed by atoms with Gasteiger partial charge in [-0.25, -0.2) is 4.98 Å². The smallest absolute Gasteiger partial charge is 0.171 e. The fourth-order valence-electron chi connectivity index (χ4n) is 2.40. The first-order valence-electron chi connectivity index (χ1n) is 6.24. The van der Waals surface area contributed by atoms with E-state index in [9.17, 15) is 0 Å². The molecule has 0 amide bonds. The molecular weight excluding hydrogens is 246 g/mol. The number of anilines is 1. The van der Waals surface area contributed by atoms with Crippen molar-refractivity contribution in [1.82, 2.24) is 4.98 Å². The van der Waals surface area contributed by atoms with Gasteiger partial charge in [-0.1, -0.05) is 0 Å². The Kier molecular flexibility index (Phi) is 4.35. The standard InChI is InChI=1S/C13H21N3OS/c1-17-11-4-3-7-15-12(11)16-8-5-13(10-14,18-2)6-9-16/h3-4,7H,5-6,8-10,14H2,1-2H3. The predicted octanol–water partition coefficient (Wildman–Crippen LogP) is 1.75. The third-order valence-electron chi connectivity index (χ3n) is 3.75. The van der Waals surface area contributed by atoms with E-state index in [2.05, 4.69) is 16.1 Å². The van der Waals surface area contributed by atoms with Crippen LogP contribution in [0.2, 0.25) is 0 Å². The Morgan fingerprint density at radius 2 is 2.22 bits per heavy atom. The Hall–Kier alpha value is -0.940. The van der Waals surface area contributed by atoms with Gasteiger partial charge in [0.05, 0.1) is 7.11 Å². The molecule has 0 aromatic carbocycles. The van der Waals surface area contributed by atoms with Gasteiger partial charge < -0.3 is 15.4 Å². The monoisotopic (exact) mass is 267 g/mol. The third-order valence-corrected chi connectivity index (χ3v) is 5.19. The lowest BCUT2D eigenvalue weighted by atomic mass is 9.96.